The van der Waals surface area contributed by atoms with Gasteiger partial charge in [0, 0.05) is 24.1 Å². The van der Waals surface area contributed by atoms with Crippen molar-refractivity contribution < 1.29 is 13.2 Å². The van der Waals surface area contributed by atoms with E-state index in [4.69, 9.17) is 5.26 Å². The lowest BCUT2D eigenvalue weighted by molar-refractivity contribution is -0.141. The van der Waals surface area contributed by atoms with Gasteiger partial charge in [-0.25, -0.2) is 9.67 Å². The van der Waals surface area contributed by atoms with Crippen LogP contribution in [0.4, 0.5) is 30.8 Å². The monoisotopic (exact) mass is 389 g/mol. The zero-order chi connectivity index (χ0) is 20.3. The van der Waals surface area contributed by atoms with E-state index in [1.807, 2.05) is 19.9 Å². The number of anilines is 3. The first-order valence-electron chi connectivity index (χ1n) is 8.03. The van der Waals surface area contributed by atoms with Crippen LogP contribution in [0.25, 0.3) is 5.95 Å². The Kier molecular flexibility index (Phi) is 5.08. The van der Waals surface area contributed by atoms with Gasteiger partial charge in [0.25, 0.3) is 5.95 Å². The molecule has 0 aliphatic rings. The fraction of sp³-hybridized carbons (Fsp3) is 0.250. The maximum atomic E-state index is 12.8. The van der Waals surface area contributed by atoms with Gasteiger partial charge in [-0.3, -0.25) is 0 Å². The van der Waals surface area contributed by atoms with Crippen LogP contribution in [-0.4, -0.2) is 35.8 Å². The highest BCUT2D eigenvalue weighted by molar-refractivity contribution is 5.55. The Morgan fingerprint density at radius 1 is 1.14 bits per heavy atom. The lowest BCUT2D eigenvalue weighted by atomic mass is 10.3. The molecule has 2 N–H and O–H groups in total. The first-order chi connectivity index (χ1) is 13.2. The number of aromatic nitrogens is 6. The number of nitrogens with one attached hydrogen (secondary N) is 2. The summed E-state index contributed by atoms with van der Waals surface area (Å²) in [6.07, 6.45) is -2.04. The molecule has 0 bridgehead atoms. The average molecular weight is 389 g/mol. The Morgan fingerprint density at radius 3 is 2.54 bits per heavy atom. The quantitative estimate of drug-likeness (QED) is 0.684. The van der Waals surface area contributed by atoms with E-state index in [2.05, 4.69) is 35.7 Å². The third-order valence-electron chi connectivity index (χ3n) is 3.26. The Labute approximate surface area is 157 Å². The SMILES string of the molecule is CC(C)Nc1nc(Nc2ccnc(C#N)c2)nc(-n2ccc(C(F)(F)F)n2)n1. The van der Waals surface area contributed by atoms with Crippen LogP contribution in [0.1, 0.15) is 25.2 Å². The molecule has 3 aromatic rings. The molecule has 9 nitrogen and oxygen atoms in total. The molecule has 144 valence electrons. The molecule has 0 radical (unpaired) electrons. The van der Waals surface area contributed by atoms with E-state index in [-0.39, 0.29) is 29.6 Å². The highest BCUT2D eigenvalue weighted by Crippen LogP contribution is 2.27. The minimum atomic E-state index is -4.58. The van der Waals surface area contributed by atoms with Crippen LogP contribution in [0.2, 0.25) is 0 Å². The second-order valence-corrected chi connectivity index (χ2v) is 5.89. The Hall–Kier alpha value is -3.75. The minimum Gasteiger partial charge on any atom is -0.352 e. The van der Waals surface area contributed by atoms with Crippen molar-refractivity contribution in [1.29, 1.82) is 5.26 Å². The first-order valence-corrected chi connectivity index (χ1v) is 8.03. The number of nitriles is 1. The van der Waals surface area contributed by atoms with Crippen molar-refractivity contribution in [1.82, 2.24) is 29.7 Å². The number of pyridine rings is 1. The summed E-state index contributed by atoms with van der Waals surface area (Å²) in [5.74, 6) is 0.110. The van der Waals surface area contributed by atoms with Crippen molar-refractivity contribution in [2.24, 2.45) is 0 Å². The molecule has 0 aromatic carbocycles. The predicted molar refractivity (Wildman–Crippen MR) is 92.9 cm³/mol. The summed E-state index contributed by atoms with van der Waals surface area (Å²) in [4.78, 5) is 16.3. The van der Waals surface area contributed by atoms with Gasteiger partial charge in [-0.05, 0) is 32.0 Å². The van der Waals surface area contributed by atoms with Crippen molar-refractivity contribution in [3.63, 3.8) is 0 Å². The Bertz CT molecular complexity index is 1020. The van der Waals surface area contributed by atoms with Gasteiger partial charge >= 0.3 is 6.18 Å². The highest BCUT2D eigenvalue weighted by atomic mass is 19.4. The third-order valence-corrected chi connectivity index (χ3v) is 3.26. The van der Waals surface area contributed by atoms with Gasteiger partial charge in [0.1, 0.15) is 11.8 Å². The van der Waals surface area contributed by atoms with Crippen LogP contribution >= 0.6 is 0 Å². The summed E-state index contributed by atoms with van der Waals surface area (Å²) in [6, 6.07) is 5.78. The number of alkyl halides is 3. The molecular weight excluding hydrogens is 375 g/mol. The summed E-state index contributed by atoms with van der Waals surface area (Å²) in [5, 5.41) is 18.3. The van der Waals surface area contributed by atoms with Crippen molar-refractivity contribution in [2.75, 3.05) is 10.6 Å². The molecule has 3 rings (SSSR count). The van der Waals surface area contributed by atoms with E-state index < -0.39 is 11.9 Å². The van der Waals surface area contributed by atoms with Crippen LogP contribution < -0.4 is 10.6 Å². The average Bonchev–Trinajstić information content (AvgIpc) is 3.11. The van der Waals surface area contributed by atoms with Crippen molar-refractivity contribution >= 4 is 17.6 Å². The molecule has 28 heavy (non-hydrogen) atoms. The van der Waals surface area contributed by atoms with E-state index >= 15 is 0 Å². The third kappa shape index (κ3) is 4.50. The van der Waals surface area contributed by atoms with E-state index in [1.54, 1.807) is 6.07 Å². The van der Waals surface area contributed by atoms with Gasteiger partial charge in [-0.1, -0.05) is 0 Å². The van der Waals surface area contributed by atoms with Crippen molar-refractivity contribution in [2.45, 2.75) is 26.1 Å². The number of rotatable bonds is 5. The molecule has 0 unspecified atom stereocenters. The maximum absolute atomic E-state index is 12.8. The Balaban J connectivity index is 1.99. The van der Waals surface area contributed by atoms with Crippen LogP contribution in [0.5, 0.6) is 0 Å². The molecule has 0 saturated heterocycles. The molecule has 3 aromatic heterocycles. The second-order valence-electron chi connectivity index (χ2n) is 5.89. The van der Waals surface area contributed by atoms with E-state index in [9.17, 15) is 13.2 Å². The second kappa shape index (κ2) is 7.47. The summed E-state index contributed by atoms with van der Waals surface area (Å²) < 4.78 is 39.4. The van der Waals surface area contributed by atoms with E-state index in [1.165, 1.54) is 12.3 Å². The Morgan fingerprint density at radius 2 is 1.89 bits per heavy atom. The number of hydrogen-bond acceptors (Lipinski definition) is 8. The first kappa shape index (κ1) is 19.0. The van der Waals surface area contributed by atoms with Crippen LogP contribution in [-0.2, 0) is 6.18 Å². The van der Waals surface area contributed by atoms with Gasteiger partial charge in [-0.15, -0.1) is 0 Å². The summed E-state index contributed by atoms with van der Waals surface area (Å²) in [7, 11) is 0. The molecule has 0 saturated carbocycles. The lowest BCUT2D eigenvalue weighted by Crippen LogP contribution is -2.16. The summed E-state index contributed by atoms with van der Waals surface area (Å²) >= 11 is 0. The molecule has 0 aliphatic heterocycles. The molecule has 12 heteroatoms. The smallest absolute Gasteiger partial charge is 0.352 e. The fourth-order valence-corrected chi connectivity index (χ4v) is 2.13. The molecule has 0 fully saturated rings. The number of nitrogens with zero attached hydrogens (tertiary/aromatic N) is 7. The van der Waals surface area contributed by atoms with Gasteiger partial charge in [0.15, 0.2) is 5.69 Å². The standard InChI is InChI=1S/C16H14F3N9/c1-9(2)22-13-24-14(23-10-3-5-21-11(7-10)8-20)26-15(25-13)28-6-4-12(27-28)16(17,18)19/h3-7,9H,1-2H3,(H2,21,22,23,24,25,26). The molecular formula is C16H14F3N9. The van der Waals surface area contributed by atoms with Gasteiger partial charge in [-0.2, -0.15) is 38.5 Å². The maximum Gasteiger partial charge on any atom is 0.435 e. The van der Waals surface area contributed by atoms with Gasteiger partial charge in [0.05, 0.1) is 0 Å². The molecule has 0 spiro atoms. The zero-order valence-electron chi connectivity index (χ0n) is 14.7. The fourth-order valence-electron chi connectivity index (χ4n) is 2.13. The van der Waals surface area contributed by atoms with E-state index in [0.717, 1.165) is 16.9 Å². The number of hydrogen-bond donors (Lipinski definition) is 2. The summed E-state index contributed by atoms with van der Waals surface area (Å²) in [5.41, 5.74) is -0.397. The normalized spacial score (nSPS) is 11.3. The van der Waals surface area contributed by atoms with Gasteiger partial charge in [0.2, 0.25) is 11.9 Å². The van der Waals surface area contributed by atoms with Crippen LogP contribution in [0.15, 0.2) is 30.6 Å². The zero-order valence-corrected chi connectivity index (χ0v) is 14.7. The topological polar surface area (TPSA) is 117 Å². The predicted octanol–water partition coefficient (Wildman–Crippen LogP) is 2.91. The molecule has 0 atom stereocenters. The largest absolute Gasteiger partial charge is 0.435 e. The van der Waals surface area contributed by atoms with Crippen molar-refractivity contribution in [3.8, 4) is 12.0 Å². The lowest BCUT2D eigenvalue weighted by Gasteiger charge is -2.12. The van der Waals surface area contributed by atoms with Crippen LogP contribution in [0.3, 0.4) is 0 Å². The van der Waals surface area contributed by atoms with Crippen molar-refractivity contribution in [3.05, 3.63) is 42.0 Å². The molecule has 0 amide bonds. The van der Waals surface area contributed by atoms with Crippen LogP contribution in [0, 0.1) is 11.3 Å². The highest BCUT2D eigenvalue weighted by Gasteiger charge is 2.34. The van der Waals surface area contributed by atoms with E-state index in [0.29, 0.717) is 5.69 Å². The molecule has 3 heterocycles. The molecule has 0 aliphatic carbocycles. The summed E-state index contributed by atoms with van der Waals surface area (Å²) in [6.45, 7) is 3.71. The number of halogens is 3. The minimum absolute atomic E-state index is 0.0300. The van der Waals surface area contributed by atoms with Gasteiger partial charge < -0.3 is 10.6 Å².